The van der Waals surface area contributed by atoms with Crippen LogP contribution in [-0.2, 0) is 24.3 Å². The van der Waals surface area contributed by atoms with E-state index in [2.05, 4.69) is 4.18 Å². The zero-order valence-electron chi connectivity index (χ0n) is 8.93. The standard InChI is InChI=1S/C7H15NO5S2/c1-7(6-13-15(3,11)12)4-8(5-7)14(2,9)10/h4-6H2,1-3H3. The first-order valence-electron chi connectivity index (χ1n) is 4.31. The maximum Gasteiger partial charge on any atom is 0.264 e. The summed E-state index contributed by atoms with van der Waals surface area (Å²) in [5, 5.41) is 0. The van der Waals surface area contributed by atoms with Crippen LogP contribution in [0.25, 0.3) is 0 Å². The first kappa shape index (κ1) is 12.9. The largest absolute Gasteiger partial charge is 0.270 e. The van der Waals surface area contributed by atoms with Gasteiger partial charge in [-0.1, -0.05) is 6.92 Å². The molecule has 0 aliphatic carbocycles. The van der Waals surface area contributed by atoms with Crippen molar-refractivity contribution in [1.29, 1.82) is 0 Å². The Morgan fingerprint density at radius 2 is 1.67 bits per heavy atom. The van der Waals surface area contributed by atoms with E-state index in [4.69, 9.17) is 0 Å². The van der Waals surface area contributed by atoms with Gasteiger partial charge in [-0.25, -0.2) is 12.7 Å². The van der Waals surface area contributed by atoms with Crippen LogP contribution >= 0.6 is 0 Å². The minimum absolute atomic E-state index is 0.0256. The molecule has 0 aromatic rings. The Hall–Kier alpha value is -0.180. The molecule has 0 N–H and O–H groups in total. The maximum atomic E-state index is 11.1. The van der Waals surface area contributed by atoms with Crippen molar-refractivity contribution in [2.24, 2.45) is 5.41 Å². The van der Waals surface area contributed by atoms with Crippen LogP contribution in [0.3, 0.4) is 0 Å². The highest BCUT2D eigenvalue weighted by molar-refractivity contribution is 7.88. The van der Waals surface area contributed by atoms with Crippen LogP contribution in [0.4, 0.5) is 0 Å². The molecule has 8 heteroatoms. The predicted molar refractivity (Wildman–Crippen MR) is 55.3 cm³/mol. The number of hydrogen-bond donors (Lipinski definition) is 0. The quantitative estimate of drug-likeness (QED) is 0.619. The summed E-state index contributed by atoms with van der Waals surface area (Å²) in [7, 11) is -6.62. The molecular weight excluding hydrogens is 242 g/mol. The minimum Gasteiger partial charge on any atom is -0.270 e. The summed E-state index contributed by atoms with van der Waals surface area (Å²) in [5.41, 5.74) is -0.397. The van der Waals surface area contributed by atoms with Crippen LogP contribution in [0.1, 0.15) is 6.92 Å². The van der Waals surface area contributed by atoms with Crippen molar-refractivity contribution < 1.29 is 21.0 Å². The molecule has 0 bridgehead atoms. The molecule has 1 aliphatic rings. The zero-order chi connectivity index (χ0) is 11.9. The monoisotopic (exact) mass is 257 g/mol. The fourth-order valence-corrected chi connectivity index (χ4v) is 2.97. The van der Waals surface area contributed by atoms with E-state index in [1.807, 2.05) is 0 Å². The molecule has 1 fully saturated rings. The third-order valence-corrected chi connectivity index (χ3v) is 3.95. The first-order chi connectivity index (χ1) is 6.52. The first-order valence-corrected chi connectivity index (χ1v) is 7.98. The Balaban J connectivity index is 2.49. The Morgan fingerprint density at radius 3 is 2.00 bits per heavy atom. The van der Waals surface area contributed by atoms with Gasteiger partial charge in [0.15, 0.2) is 0 Å². The van der Waals surface area contributed by atoms with Gasteiger partial charge in [0.25, 0.3) is 10.1 Å². The molecule has 1 saturated heterocycles. The summed E-state index contributed by atoms with van der Waals surface area (Å²) in [4.78, 5) is 0. The fraction of sp³-hybridized carbons (Fsp3) is 1.00. The predicted octanol–water partition coefficient (Wildman–Crippen LogP) is -0.756. The van der Waals surface area contributed by atoms with Gasteiger partial charge in [-0.15, -0.1) is 0 Å². The molecule has 1 heterocycles. The molecule has 0 saturated carbocycles. The SMILES string of the molecule is CC1(COS(C)(=O)=O)CN(S(C)(=O)=O)C1. The molecule has 1 aliphatic heterocycles. The normalized spacial score (nSPS) is 22.3. The van der Waals surface area contributed by atoms with E-state index in [1.54, 1.807) is 6.92 Å². The number of rotatable bonds is 4. The number of hydrogen-bond acceptors (Lipinski definition) is 5. The molecule has 0 radical (unpaired) electrons. The number of nitrogens with zero attached hydrogens (tertiary/aromatic N) is 1. The molecule has 0 spiro atoms. The van der Waals surface area contributed by atoms with Crippen LogP contribution in [0.2, 0.25) is 0 Å². The van der Waals surface area contributed by atoms with Crippen molar-refractivity contribution in [3.8, 4) is 0 Å². The summed E-state index contributed by atoms with van der Waals surface area (Å²) >= 11 is 0. The van der Waals surface area contributed by atoms with Crippen molar-refractivity contribution in [2.45, 2.75) is 6.92 Å². The van der Waals surface area contributed by atoms with E-state index in [1.165, 1.54) is 4.31 Å². The van der Waals surface area contributed by atoms with E-state index >= 15 is 0 Å². The van der Waals surface area contributed by atoms with Crippen LogP contribution in [0.5, 0.6) is 0 Å². The van der Waals surface area contributed by atoms with E-state index in [0.29, 0.717) is 13.1 Å². The van der Waals surface area contributed by atoms with E-state index < -0.39 is 25.6 Å². The Kier molecular flexibility index (Phi) is 3.17. The van der Waals surface area contributed by atoms with Gasteiger partial charge >= 0.3 is 0 Å². The summed E-state index contributed by atoms with van der Waals surface area (Å²) in [5.74, 6) is 0. The Bertz CT molecular complexity index is 426. The van der Waals surface area contributed by atoms with Gasteiger partial charge in [0.2, 0.25) is 10.0 Å². The molecular formula is C7H15NO5S2. The average Bonchev–Trinajstić information content (AvgIpc) is 1.92. The van der Waals surface area contributed by atoms with Gasteiger partial charge in [-0.2, -0.15) is 8.42 Å². The highest BCUT2D eigenvalue weighted by atomic mass is 32.2. The topological polar surface area (TPSA) is 80.8 Å². The molecule has 0 aromatic heterocycles. The van der Waals surface area contributed by atoms with Crippen LogP contribution in [0, 0.1) is 5.41 Å². The summed E-state index contributed by atoms with van der Waals surface area (Å²) < 4.78 is 49.6. The van der Waals surface area contributed by atoms with Crippen LogP contribution < -0.4 is 0 Å². The molecule has 0 atom stereocenters. The van der Waals surface area contributed by atoms with Gasteiger partial charge in [0.1, 0.15) is 0 Å². The number of sulfonamides is 1. The van der Waals surface area contributed by atoms with Gasteiger partial charge in [-0.05, 0) is 0 Å². The Labute approximate surface area is 90.4 Å². The van der Waals surface area contributed by atoms with Gasteiger partial charge in [0.05, 0.1) is 19.1 Å². The fourth-order valence-electron chi connectivity index (χ4n) is 1.38. The Morgan fingerprint density at radius 1 is 1.20 bits per heavy atom. The van der Waals surface area contributed by atoms with Gasteiger partial charge in [-0.3, -0.25) is 4.18 Å². The van der Waals surface area contributed by atoms with Crippen LogP contribution in [-0.4, -0.2) is 53.3 Å². The molecule has 0 amide bonds. The highest BCUT2D eigenvalue weighted by Gasteiger charge is 2.43. The van der Waals surface area contributed by atoms with Crippen molar-refractivity contribution in [1.82, 2.24) is 4.31 Å². The lowest BCUT2D eigenvalue weighted by atomic mass is 9.85. The lowest BCUT2D eigenvalue weighted by molar-refractivity contribution is 0.0395. The molecule has 1 rings (SSSR count). The van der Waals surface area contributed by atoms with Crippen molar-refractivity contribution in [3.05, 3.63) is 0 Å². The van der Waals surface area contributed by atoms with Crippen molar-refractivity contribution in [2.75, 3.05) is 32.2 Å². The average molecular weight is 257 g/mol. The van der Waals surface area contributed by atoms with E-state index in [9.17, 15) is 16.8 Å². The third-order valence-electron chi connectivity index (χ3n) is 2.21. The van der Waals surface area contributed by atoms with Crippen molar-refractivity contribution in [3.63, 3.8) is 0 Å². The molecule has 0 aromatic carbocycles. The maximum absolute atomic E-state index is 11.1. The second kappa shape index (κ2) is 3.69. The summed E-state index contributed by atoms with van der Waals surface area (Å²) in [6, 6.07) is 0. The molecule has 15 heavy (non-hydrogen) atoms. The second-order valence-electron chi connectivity index (χ2n) is 4.31. The lowest BCUT2D eigenvalue weighted by Gasteiger charge is -2.45. The van der Waals surface area contributed by atoms with E-state index in [0.717, 1.165) is 12.5 Å². The molecule has 6 nitrogen and oxygen atoms in total. The molecule has 0 unspecified atom stereocenters. The zero-order valence-corrected chi connectivity index (χ0v) is 10.6. The lowest BCUT2D eigenvalue weighted by Crippen LogP contribution is -2.58. The van der Waals surface area contributed by atoms with Gasteiger partial charge < -0.3 is 0 Å². The minimum atomic E-state index is -3.45. The van der Waals surface area contributed by atoms with Crippen LogP contribution in [0.15, 0.2) is 0 Å². The second-order valence-corrected chi connectivity index (χ2v) is 7.93. The summed E-state index contributed by atoms with van der Waals surface area (Å²) in [6.45, 7) is 2.43. The summed E-state index contributed by atoms with van der Waals surface area (Å²) in [6.07, 6.45) is 2.10. The van der Waals surface area contributed by atoms with E-state index in [-0.39, 0.29) is 6.61 Å². The highest BCUT2D eigenvalue weighted by Crippen LogP contribution is 2.32. The smallest absolute Gasteiger partial charge is 0.264 e. The molecule has 90 valence electrons. The third kappa shape index (κ3) is 3.71. The van der Waals surface area contributed by atoms with Gasteiger partial charge in [0, 0.05) is 18.5 Å². The van der Waals surface area contributed by atoms with Crippen molar-refractivity contribution >= 4 is 20.1 Å².